The van der Waals surface area contributed by atoms with Crippen LogP contribution in [0.15, 0.2) is 18.2 Å². The summed E-state index contributed by atoms with van der Waals surface area (Å²) in [6, 6.07) is 7.02. The minimum absolute atomic E-state index is 0.284. The molecule has 0 radical (unpaired) electrons. The van der Waals surface area contributed by atoms with Gasteiger partial charge in [0, 0.05) is 29.9 Å². The molecule has 3 rings (SSSR count). The number of anilines is 1. The lowest BCUT2D eigenvalue weighted by Crippen LogP contribution is -2.44. The Kier molecular flexibility index (Phi) is 3.83. The summed E-state index contributed by atoms with van der Waals surface area (Å²) in [5.41, 5.74) is 0.861. The maximum absolute atomic E-state index is 13.8. The van der Waals surface area contributed by atoms with Gasteiger partial charge in [0.05, 0.1) is 6.61 Å². The Morgan fingerprint density at radius 2 is 2.00 bits per heavy atom. The first-order chi connectivity index (χ1) is 9.67. The topological polar surface area (TPSA) is 24.5 Å². The summed E-state index contributed by atoms with van der Waals surface area (Å²) < 4.78 is 19.1. The molecule has 0 aliphatic carbocycles. The van der Waals surface area contributed by atoms with E-state index in [0.717, 1.165) is 18.5 Å². The van der Waals surface area contributed by atoms with Gasteiger partial charge in [-0.05, 0) is 51.8 Å². The average Bonchev–Trinajstić information content (AvgIpc) is 2.64. The SMILES string of the molecule is CCOc1ccc(NC2CC3CCC(C2)N3C)cc1F. The molecule has 1 aromatic carbocycles. The summed E-state index contributed by atoms with van der Waals surface area (Å²) in [6.45, 7) is 2.35. The van der Waals surface area contributed by atoms with Gasteiger partial charge in [-0.3, -0.25) is 0 Å². The van der Waals surface area contributed by atoms with Crippen LogP contribution in [0.5, 0.6) is 5.75 Å². The highest BCUT2D eigenvalue weighted by Gasteiger charge is 2.38. The molecule has 1 N–H and O–H groups in total. The van der Waals surface area contributed by atoms with E-state index in [0.29, 0.717) is 30.5 Å². The van der Waals surface area contributed by atoms with Gasteiger partial charge in [-0.25, -0.2) is 4.39 Å². The molecule has 2 aliphatic rings. The van der Waals surface area contributed by atoms with E-state index in [1.54, 1.807) is 12.1 Å². The first-order valence-electron chi connectivity index (χ1n) is 7.58. The molecule has 0 amide bonds. The van der Waals surface area contributed by atoms with Crippen LogP contribution in [0, 0.1) is 5.82 Å². The van der Waals surface area contributed by atoms with E-state index < -0.39 is 0 Å². The number of halogens is 1. The van der Waals surface area contributed by atoms with Crippen LogP contribution in [-0.4, -0.2) is 36.7 Å². The Labute approximate surface area is 120 Å². The molecule has 0 aromatic heterocycles. The third-order valence-corrected chi connectivity index (χ3v) is 4.70. The molecule has 1 aromatic rings. The van der Waals surface area contributed by atoms with Crippen LogP contribution in [0.4, 0.5) is 10.1 Å². The fourth-order valence-electron chi connectivity index (χ4n) is 3.63. The number of rotatable bonds is 4. The fourth-order valence-corrected chi connectivity index (χ4v) is 3.63. The number of nitrogens with one attached hydrogen (secondary N) is 1. The van der Waals surface area contributed by atoms with E-state index in [1.165, 1.54) is 12.8 Å². The summed E-state index contributed by atoms with van der Waals surface area (Å²) in [5.74, 6) is 0.0502. The molecule has 2 fully saturated rings. The van der Waals surface area contributed by atoms with Crippen molar-refractivity contribution in [1.82, 2.24) is 4.90 Å². The standard InChI is InChI=1S/C16H23FN2O/c1-3-20-16-7-4-11(10-15(16)17)18-12-8-13-5-6-14(9-12)19(13)2/h4,7,10,12-14,18H,3,5-6,8-9H2,1-2H3. The van der Waals surface area contributed by atoms with Gasteiger partial charge in [-0.1, -0.05) is 0 Å². The second kappa shape index (κ2) is 5.60. The van der Waals surface area contributed by atoms with Gasteiger partial charge in [-0.15, -0.1) is 0 Å². The summed E-state index contributed by atoms with van der Waals surface area (Å²) in [6.07, 6.45) is 4.91. The summed E-state index contributed by atoms with van der Waals surface area (Å²) in [4.78, 5) is 2.51. The smallest absolute Gasteiger partial charge is 0.167 e. The molecule has 2 atom stereocenters. The lowest BCUT2D eigenvalue weighted by atomic mass is 9.98. The van der Waals surface area contributed by atoms with Gasteiger partial charge in [0.25, 0.3) is 0 Å². The zero-order valence-electron chi connectivity index (χ0n) is 12.2. The molecule has 3 nitrogen and oxygen atoms in total. The number of ether oxygens (including phenoxy) is 1. The van der Waals surface area contributed by atoms with E-state index in [4.69, 9.17) is 4.74 Å². The first-order valence-corrected chi connectivity index (χ1v) is 7.58. The second-order valence-corrected chi connectivity index (χ2v) is 5.94. The molecule has 2 saturated heterocycles. The van der Waals surface area contributed by atoms with Gasteiger partial charge in [-0.2, -0.15) is 0 Å². The van der Waals surface area contributed by atoms with Crippen molar-refractivity contribution in [3.8, 4) is 5.75 Å². The first kappa shape index (κ1) is 13.7. The van der Waals surface area contributed by atoms with Crippen LogP contribution < -0.4 is 10.1 Å². The minimum Gasteiger partial charge on any atom is -0.491 e. The second-order valence-electron chi connectivity index (χ2n) is 5.94. The van der Waals surface area contributed by atoms with Gasteiger partial charge in [0.15, 0.2) is 11.6 Å². The molecule has 4 heteroatoms. The summed E-state index contributed by atoms with van der Waals surface area (Å²) in [5, 5.41) is 3.49. The zero-order chi connectivity index (χ0) is 14.1. The highest BCUT2D eigenvalue weighted by molar-refractivity contribution is 5.48. The van der Waals surface area contributed by atoms with Crippen LogP contribution in [0.1, 0.15) is 32.6 Å². The zero-order valence-corrected chi connectivity index (χ0v) is 12.2. The van der Waals surface area contributed by atoms with Crippen molar-refractivity contribution >= 4 is 5.69 Å². The van der Waals surface area contributed by atoms with Crippen molar-refractivity contribution in [1.29, 1.82) is 0 Å². The molecule has 2 aliphatic heterocycles. The Morgan fingerprint density at radius 1 is 1.30 bits per heavy atom. The van der Waals surface area contributed by atoms with Crippen LogP contribution in [0.3, 0.4) is 0 Å². The molecular weight excluding hydrogens is 255 g/mol. The van der Waals surface area contributed by atoms with Crippen LogP contribution in [0.2, 0.25) is 0 Å². The van der Waals surface area contributed by atoms with Crippen molar-refractivity contribution < 1.29 is 9.13 Å². The van der Waals surface area contributed by atoms with E-state index >= 15 is 0 Å². The quantitative estimate of drug-likeness (QED) is 0.915. The van der Waals surface area contributed by atoms with Crippen LogP contribution >= 0.6 is 0 Å². The Balaban J connectivity index is 1.65. The Bertz CT molecular complexity index is 466. The third kappa shape index (κ3) is 2.62. The molecule has 0 spiro atoms. The van der Waals surface area contributed by atoms with E-state index in [9.17, 15) is 4.39 Å². The van der Waals surface area contributed by atoms with Gasteiger partial charge >= 0.3 is 0 Å². The number of fused-ring (bicyclic) bond motifs is 2. The molecule has 0 saturated carbocycles. The molecule has 2 heterocycles. The van der Waals surface area contributed by atoms with E-state index in [2.05, 4.69) is 17.3 Å². The van der Waals surface area contributed by atoms with Crippen molar-refractivity contribution in [3.63, 3.8) is 0 Å². The Hall–Kier alpha value is -1.29. The predicted molar refractivity (Wildman–Crippen MR) is 78.8 cm³/mol. The third-order valence-electron chi connectivity index (χ3n) is 4.70. The van der Waals surface area contributed by atoms with Gasteiger partial charge < -0.3 is 15.0 Å². The number of piperidine rings is 1. The van der Waals surface area contributed by atoms with Crippen LogP contribution in [-0.2, 0) is 0 Å². The number of benzene rings is 1. The van der Waals surface area contributed by atoms with Crippen molar-refractivity contribution in [2.45, 2.75) is 50.7 Å². The van der Waals surface area contributed by atoms with Gasteiger partial charge in [0.1, 0.15) is 0 Å². The summed E-state index contributed by atoms with van der Waals surface area (Å²) >= 11 is 0. The normalized spacial score (nSPS) is 29.4. The minimum atomic E-state index is -0.284. The van der Waals surface area contributed by atoms with Crippen LogP contribution in [0.25, 0.3) is 0 Å². The van der Waals surface area contributed by atoms with E-state index in [1.807, 2.05) is 13.0 Å². The lowest BCUT2D eigenvalue weighted by molar-refractivity contribution is 0.169. The molecular formula is C16H23FN2O. The Morgan fingerprint density at radius 3 is 2.60 bits per heavy atom. The van der Waals surface area contributed by atoms with Crippen molar-refractivity contribution in [3.05, 3.63) is 24.0 Å². The number of nitrogens with zero attached hydrogens (tertiary/aromatic N) is 1. The number of hydrogen-bond donors (Lipinski definition) is 1. The highest BCUT2D eigenvalue weighted by atomic mass is 19.1. The van der Waals surface area contributed by atoms with Crippen molar-refractivity contribution in [2.75, 3.05) is 19.0 Å². The average molecular weight is 278 g/mol. The van der Waals surface area contributed by atoms with Crippen molar-refractivity contribution in [2.24, 2.45) is 0 Å². The largest absolute Gasteiger partial charge is 0.491 e. The summed E-state index contributed by atoms with van der Waals surface area (Å²) in [7, 11) is 2.23. The monoisotopic (exact) mass is 278 g/mol. The predicted octanol–water partition coefficient (Wildman–Crippen LogP) is 3.26. The molecule has 20 heavy (non-hydrogen) atoms. The fraction of sp³-hybridized carbons (Fsp3) is 0.625. The molecule has 2 unspecified atom stereocenters. The number of hydrogen-bond acceptors (Lipinski definition) is 3. The van der Waals surface area contributed by atoms with E-state index in [-0.39, 0.29) is 5.82 Å². The molecule has 2 bridgehead atoms. The lowest BCUT2D eigenvalue weighted by Gasteiger charge is -2.37. The maximum Gasteiger partial charge on any atom is 0.167 e. The maximum atomic E-state index is 13.8. The van der Waals surface area contributed by atoms with Gasteiger partial charge in [0.2, 0.25) is 0 Å². The highest BCUT2D eigenvalue weighted by Crippen LogP contribution is 2.35. The molecule has 110 valence electrons.